The van der Waals surface area contributed by atoms with Crippen LogP contribution in [0.1, 0.15) is 16.1 Å². The lowest BCUT2D eigenvalue weighted by Gasteiger charge is -2.15. The van der Waals surface area contributed by atoms with Gasteiger partial charge in [-0.2, -0.15) is 0 Å². The third-order valence-electron chi connectivity index (χ3n) is 2.08. The molecule has 4 N–H and O–H groups in total. The number of primary amides is 1. The van der Waals surface area contributed by atoms with Gasteiger partial charge in [0.25, 0.3) is 5.91 Å². The van der Waals surface area contributed by atoms with Gasteiger partial charge < -0.3 is 16.4 Å². The lowest BCUT2D eigenvalue weighted by atomic mass is 10.2. The second-order valence-electron chi connectivity index (χ2n) is 3.53. The van der Waals surface area contributed by atoms with Gasteiger partial charge in [0.05, 0.1) is 18.7 Å². The van der Waals surface area contributed by atoms with Crippen LogP contribution in [-0.4, -0.2) is 41.8 Å². The maximum absolute atomic E-state index is 12.0. The van der Waals surface area contributed by atoms with E-state index in [1.54, 1.807) is 12.1 Å². The van der Waals surface area contributed by atoms with E-state index in [0.29, 0.717) is 5.56 Å². The van der Waals surface area contributed by atoms with Gasteiger partial charge in [0.1, 0.15) is 5.69 Å². The molecule has 1 rings (SSSR count). The van der Waals surface area contributed by atoms with Crippen molar-refractivity contribution in [3.63, 3.8) is 0 Å². The fourth-order valence-corrected chi connectivity index (χ4v) is 1.31. The Balaban J connectivity index is 3.01. The van der Waals surface area contributed by atoms with E-state index in [9.17, 15) is 9.59 Å². The minimum Gasteiger partial charge on any atom is -0.368 e. The van der Waals surface area contributed by atoms with Gasteiger partial charge in [-0.3, -0.25) is 9.59 Å². The van der Waals surface area contributed by atoms with Crippen molar-refractivity contribution in [1.82, 2.24) is 9.88 Å². The molecule has 0 fully saturated rings. The molecule has 1 heterocycles. The van der Waals surface area contributed by atoms with Gasteiger partial charge in [0.15, 0.2) is 0 Å². The van der Waals surface area contributed by atoms with Crippen LogP contribution in [0.2, 0.25) is 0 Å². The smallest absolute Gasteiger partial charge is 0.273 e. The molecule has 0 aromatic carbocycles. The summed E-state index contributed by atoms with van der Waals surface area (Å²) in [6.07, 6.45) is 1.49. The number of nitrogens with two attached hydrogens (primary N) is 2. The molecule has 0 saturated carbocycles. The molecule has 0 unspecified atom stereocenters. The van der Waals surface area contributed by atoms with Gasteiger partial charge in [-0.1, -0.05) is 11.8 Å². The van der Waals surface area contributed by atoms with Crippen LogP contribution in [0.3, 0.4) is 0 Å². The summed E-state index contributed by atoms with van der Waals surface area (Å²) in [5.74, 6) is 4.42. The Kier molecular flexibility index (Phi) is 4.84. The number of nitrogens with zero attached hydrogens (tertiary/aromatic N) is 2. The highest BCUT2D eigenvalue weighted by molar-refractivity contribution is 5.96. The van der Waals surface area contributed by atoms with E-state index >= 15 is 0 Å². The second-order valence-corrected chi connectivity index (χ2v) is 3.53. The first kappa shape index (κ1) is 13.7. The van der Waals surface area contributed by atoms with Crippen LogP contribution >= 0.6 is 0 Å². The number of hydrogen-bond acceptors (Lipinski definition) is 4. The molecule has 0 aliphatic rings. The van der Waals surface area contributed by atoms with E-state index in [0.717, 1.165) is 0 Å². The molecule has 0 atom stereocenters. The summed E-state index contributed by atoms with van der Waals surface area (Å²) < 4.78 is 0. The first-order valence-corrected chi connectivity index (χ1v) is 5.24. The van der Waals surface area contributed by atoms with E-state index in [2.05, 4.69) is 16.8 Å². The van der Waals surface area contributed by atoms with Crippen molar-refractivity contribution in [2.45, 2.75) is 0 Å². The molecule has 1 aromatic rings. The largest absolute Gasteiger partial charge is 0.368 e. The van der Waals surface area contributed by atoms with Crippen molar-refractivity contribution < 1.29 is 9.59 Å². The summed E-state index contributed by atoms with van der Waals surface area (Å²) in [6.45, 7) is 0.0266. The Hall–Kier alpha value is -2.39. The van der Waals surface area contributed by atoms with Crippen molar-refractivity contribution in [1.29, 1.82) is 0 Å². The van der Waals surface area contributed by atoms with Gasteiger partial charge in [-0.05, 0) is 12.1 Å². The minimum absolute atomic E-state index is 0.167. The van der Waals surface area contributed by atoms with Crippen LogP contribution in [0.15, 0.2) is 18.3 Å². The van der Waals surface area contributed by atoms with Crippen LogP contribution in [0.5, 0.6) is 0 Å². The normalized spacial score (nSPS) is 9.22. The molecule has 2 amide bonds. The predicted molar refractivity (Wildman–Crippen MR) is 66.3 cm³/mol. The van der Waals surface area contributed by atoms with Crippen molar-refractivity contribution in [2.24, 2.45) is 11.5 Å². The lowest BCUT2D eigenvalue weighted by molar-refractivity contribution is -0.118. The fraction of sp³-hybridized carbons (Fsp3) is 0.250. The van der Waals surface area contributed by atoms with E-state index in [4.69, 9.17) is 11.5 Å². The fourth-order valence-electron chi connectivity index (χ4n) is 1.31. The average Bonchev–Trinajstić information content (AvgIpc) is 2.35. The van der Waals surface area contributed by atoms with Crippen LogP contribution < -0.4 is 11.5 Å². The third-order valence-corrected chi connectivity index (χ3v) is 2.08. The standard InChI is InChI=1S/C12H14N4O2/c1-16(8-10(14)17)12(18)11-9(4-2-6-13)5-3-7-15-11/h3,5,7H,6,8,13H2,1H3,(H2,14,17). The molecule has 1 aromatic heterocycles. The third kappa shape index (κ3) is 3.57. The molecular formula is C12H14N4O2. The lowest BCUT2D eigenvalue weighted by Crippen LogP contribution is -2.36. The molecule has 0 bridgehead atoms. The number of hydrogen-bond donors (Lipinski definition) is 2. The van der Waals surface area contributed by atoms with E-state index < -0.39 is 11.8 Å². The summed E-state index contributed by atoms with van der Waals surface area (Å²) in [4.78, 5) is 28.0. The van der Waals surface area contributed by atoms with Gasteiger partial charge in [0.2, 0.25) is 5.91 Å². The first-order valence-electron chi connectivity index (χ1n) is 5.24. The molecule has 6 nitrogen and oxygen atoms in total. The van der Waals surface area contributed by atoms with Crippen LogP contribution in [-0.2, 0) is 4.79 Å². The van der Waals surface area contributed by atoms with Crippen molar-refractivity contribution in [3.05, 3.63) is 29.6 Å². The number of rotatable bonds is 3. The van der Waals surface area contributed by atoms with Gasteiger partial charge in [-0.25, -0.2) is 4.98 Å². The summed E-state index contributed by atoms with van der Waals surface area (Å²) in [5, 5.41) is 0. The zero-order valence-corrected chi connectivity index (χ0v) is 10.0. The summed E-state index contributed by atoms with van der Waals surface area (Å²) in [5.41, 5.74) is 11.0. The molecule has 0 radical (unpaired) electrons. The topological polar surface area (TPSA) is 102 Å². The molecule has 0 saturated heterocycles. The van der Waals surface area contributed by atoms with Gasteiger partial charge in [0, 0.05) is 13.2 Å². The van der Waals surface area contributed by atoms with Crippen molar-refractivity contribution in [2.75, 3.05) is 20.1 Å². The predicted octanol–water partition coefficient (Wildman–Crippen LogP) is -1.05. The Labute approximate surface area is 105 Å². The van der Waals surface area contributed by atoms with Crippen molar-refractivity contribution in [3.8, 4) is 11.8 Å². The van der Waals surface area contributed by atoms with E-state index in [1.165, 1.54) is 18.1 Å². The highest BCUT2D eigenvalue weighted by Gasteiger charge is 2.17. The van der Waals surface area contributed by atoms with Crippen LogP contribution in [0.25, 0.3) is 0 Å². The zero-order valence-electron chi connectivity index (χ0n) is 10.0. The molecule has 0 aliphatic heterocycles. The average molecular weight is 246 g/mol. The molecule has 0 spiro atoms. The SMILES string of the molecule is CN(CC(N)=O)C(=O)c1ncccc1C#CCN. The molecule has 18 heavy (non-hydrogen) atoms. The zero-order chi connectivity index (χ0) is 13.5. The highest BCUT2D eigenvalue weighted by Crippen LogP contribution is 2.06. The molecular weight excluding hydrogens is 232 g/mol. The molecule has 94 valence electrons. The Morgan fingerprint density at radius 2 is 2.22 bits per heavy atom. The van der Waals surface area contributed by atoms with Gasteiger partial charge >= 0.3 is 0 Å². The number of pyridine rings is 1. The van der Waals surface area contributed by atoms with Crippen LogP contribution in [0, 0.1) is 11.8 Å². The maximum Gasteiger partial charge on any atom is 0.273 e. The summed E-state index contributed by atoms with van der Waals surface area (Å²) >= 11 is 0. The number of likely N-dealkylation sites (N-methyl/N-ethyl adjacent to an activating group) is 1. The summed E-state index contributed by atoms with van der Waals surface area (Å²) in [6, 6.07) is 3.34. The van der Waals surface area contributed by atoms with E-state index in [1.807, 2.05) is 0 Å². The number of aromatic nitrogens is 1. The van der Waals surface area contributed by atoms with Gasteiger partial charge in [-0.15, -0.1) is 0 Å². The van der Waals surface area contributed by atoms with Crippen molar-refractivity contribution >= 4 is 11.8 Å². The molecule has 0 aliphatic carbocycles. The minimum atomic E-state index is -0.587. The van der Waals surface area contributed by atoms with E-state index in [-0.39, 0.29) is 18.8 Å². The number of carbonyl (C=O) groups is 2. The molecule has 6 heteroatoms. The monoisotopic (exact) mass is 246 g/mol. The quantitative estimate of drug-likeness (QED) is 0.664. The Bertz CT molecular complexity index is 516. The summed E-state index contributed by atoms with van der Waals surface area (Å²) in [7, 11) is 1.47. The number of carbonyl (C=O) groups excluding carboxylic acids is 2. The Morgan fingerprint density at radius 3 is 2.83 bits per heavy atom. The maximum atomic E-state index is 12.0. The second kappa shape index (κ2) is 6.37. The highest BCUT2D eigenvalue weighted by atomic mass is 16.2. The van der Waals surface area contributed by atoms with Crippen LogP contribution in [0.4, 0.5) is 0 Å². The Morgan fingerprint density at radius 1 is 1.50 bits per heavy atom. The first-order chi connectivity index (χ1) is 8.56. The number of amides is 2.